The number of carbonyl (C=O) groups excluding carboxylic acids is 2. The van der Waals surface area contributed by atoms with E-state index in [1.165, 1.54) is 24.1 Å². The summed E-state index contributed by atoms with van der Waals surface area (Å²) < 4.78 is 34.9. The van der Waals surface area contributed by atoms with Gasteiger partial charge in [0.25, 0.3) is 10.0 Å². The number of carbonyl (C=O) groups is 2. The van der Waals surface area contributed by atoms with Gasteiger partial charge in [-0.25, -0.2) is 8.42 Å². The fourth-order valence-electron chi connectivity index (χ4n) is 4.63. The van der Waals surface area contributed by atoms with E-state index in [9.17, 15) is 18.0 Å². The smallest absolute Gasteiger partial charge is 0.264 e. The van der Waals surface area contributed by atoms with Gasteiger partial charge in [-0.15, -0.1) is 0 Å². The summed E-state index contributed by atoms with van der Waals surface area (Å²) in [5.74, 6) is -0.666. The van der Waals surface area contributed by atoms with Gasteiger partial charge in [0.2, 0.25) is 11.8 Å². The minimum atomic E-state index is -4.26. The van der Waals surface area contributed by atoms with E-state index in [2.05, 4.69) is 5.32 Å². The number of unbranched alkanes of at least 4 members (excludes halogenated alkanes) is 1. The zero-order valence-corrected chi connectivity index (χ0v) is 27.5. The maximum Gasteiger partial charge on any atom is 0.264 e. The molecule has 8 nitrogen and oxygen atoms in total. The van der Waals surface area contributed by atoms with Crippen molar-refractivity contribution in [2.75, 3.05) is 24.5 Å². The van der Waals surface area contributed by atoms with Crippen molar-refractivity contribution in [1.82, 2.24) is 10.2 Å². The molecule has 3 rings (SSSR count). The predicted octanol–water partition coefficient (Wildman–Crippen LogP) is 6.54. The number of rotatable bonds is 14. The molecule has 0 heterocycles. The second kappa shape index (κ2) is 15.5. The van der Waals surface area contributed by atoms with Gasteiger partial charge in [-0.1, -0.05) is 73.3 Å². The summed E-state index contributed by atoms with van der Waals surface area (Å²) >= 11 is 13.0. The monoisotopic (exact) mass is 647 g/mol. The van der Waals surface area contributed by atoms with Crippen molar-refractivity contribution in [1.29, 1.82) is 0 Å². The molecule has 0 fully saturated rings. The van der Waals surface area contributed by atoms with Crippen LogP contribution in [0.3, 0.4) is 0 Å². The standard InChI is InChI=1S/C32H39Cl2N3O5S/c1-6-8-18-35-32(39)28(7-2)36(20-25-26(33)10-9-11-27(25)34)31(38)21-37(29-19-23(4)14-17-30(29)42-5)43(40,41)24-15-12-22(3)13-16-24/h9-17,19,28H,6-8,18,20-21H2,1-5H3,(H,35,39)/t28-/m0/s1. The van der Waals surface area contributed by atoms with Gasteiger partial charge in [0.15, 0.2) is 0 Å². The van der Waals surface area contributed by atoms with Crippen LogP contribution in [0.1, 0.15) is 49.8 Å². The second-order valence-corrected chi connectivity index (χ2v) is 13.0. The van der Waals surface area contributed by atoms with E-state index in [0.29, 0.717) is 22.2 Å². The van der Waals surface area contributed by atoms with Gasteiger partial charge in [-0.05, 0) is 68.7 Å². The molecular weight excluding hydrogens is 609 g/mol. The summed E-state index contributed by atoms with van der Waals surface area (Å²) in [4.78, 5) is 29.1. The van der Waals surface area contributed by atoms with Gasteiger partial charge in [-0.3, -0.25) is 13.9 Å². The van der Waals surface area contributed by atoms with Crippen LogP contribution in [0.25, 0.3) is 0 Å². The van der Waals surface area contributed by atoms with Crippen LogP contribution in [-0.4, -0.2) is 51.4 Å². The Labute approximate surface area is 265 Å². The number of benzene rings is 3. The molecule has 1 N–H and O–H groups in total. The summed E-state index contributed by atoms with van der Waals surface area (Å²) in [5.41, 5.74) is 2.32. The number of ether oxygens (including phenoxy) is 1. The highest BCUT2D eigenvalue weighted by Gasteiger charge is 2.35. The largest absolute Gasteiger partial charge is 0.495 e. The first-order chi connectivity index (χ1) is 20.4. The van der Waals surface area contributed by atoms with E-state index in [0.717, 1.165) is 28.3 Å². The van der Waals surface area contributed by atoms with Crippen LogP contribution in [0, 0.1) is 13.8 Å². The first-order valence-electron chi connectivity index (χ1n) is 14.2. The second-order valence-electron chi connectivity index (χ2n) is 10.3. The van der Waals surface area contributed by atoms with E-state index >= 15 is 0 Å². The van der Waals surface area contributed by atoms with Crippen LogP contribution in [-0.2, 0) is 26.2 Å². The Morgan fingerprint density at radius 1 is 0.953 bits per heavy atom. The third-order valence-corrected chi connectivity index (χ3v) is 9.58. The molecule has 0 spiro atoms. The first kappa shape index (κ1) is 34.2. The molecule has 3 aromatic rings. The summed E-state index contributed by atoms with van der Waals surface area (Å²) in [6.07, 6.45) is 1.95. The zero-order chi connectivity index (χ0) is 31.7. The van der Waals surface area contributed by atoms with Gasteiger partial charge in [0, 0.05) is 28.7 Å². The highest BCUT2D eigenvalue weighted by Crippen LogP contribution is 2.34. The number of amides is 2. The number of halogens is 2. The van der Waals surface area contributed by atoms with Gasteiger partial charge in [-0.2, -0.15) is 0 Å². The van der Waals surface area contributed by atoms with E-state index in [1.54, 1.807) is 55.5 Å². The number of aryl methyl sites for hydroxylation is 2. The van der Waals surface area contributed by atoms with Gasteiger partial charge in [0.1, 0.15) is 18.3 Å². The molecule has 0 radical (unpaired) electrons. The molecule has 3 aromatic carbocycles. The van der Waals surface area contributed by atoms with E-state index in [-0.39, 0.29) is 35.2 Å². The van der Waals surface area contributed by atoms with Crippen molar-refractivity contribution < 1.29 is 22.7 Å². The molecule has 0 unspecified atom stereocenters. The number of sulfonamides is 1. The summed E-state index contributed by atoms with van der Waals surface area (Å²) in [6, 6.07) is 15.6. The average molecular weight is 649 g/mol. The lowest BCUT2D eigenvalue weighted by atomic mass is 10.1. The Bertz CT molecular complexity index is 1510. The molecule has 2 amide bonds. The van der Waals surface area contributed by atoms with Crippen molar-refractivity contribution in [3.05, 3.63) is 87.4 Å². The Balaban J connectivity index is 2.14. The van der Waals surface area contributed by atoms with Crippen LogP contribution >= 0.6 is 23.2 Å². The number of nitrogens with zero attached hydrogens (tertiary/aromatic N) is 2. The molecule has 43 heavy (non-hydrogen) atoms. The number of hydrogen-bond donors (Lipinski definition) is 1. The fourth-order valence-corrected chi connectivity index (χ4v) is 6.56. The number of anilines is 1. The SMILES string of the molecule is CCCCNC(=O)[C@H](CC)N(Cc1c(Cl)cccc1Cl)C(=O)CN(c1cc(C)ccc1OC)S(=O)(=O)c1ccc(C)cc1. The molecule has 232 valence electrons. The Morgan fingerprint density at radius 3 is 2.16 bits per heavy atom. The molecule has 1 atom stereocenters. The van der Waals surface area contributed by atoms with E-state index in [1.807, 2.05) is 20.8 Å². The zero-order valence-electron chi connectivity index (χ0n) is 25.2. The van der Waals surface area contributed by atoms with Crippen molar-refractivity contribution in [2.24, 2.45) is 0 Å². The van der Waals surface area contributed by atoms with Crippen LogP contribution < -0.4 is 14.4 Å². The molecule has 11 heteroatoms. The van der Waals surface area contributed by atoms with Crippen molar-refractivity contribution in [3.63, 3.8) is 0 Å². The van der Waals surface area contributed by atoms with Gasteiger partial charge in [0.05, 0.1) is 17.7 Å². The molecule has 0 saturated carbocycles. The molecule has 0 aromatic heterocycles. The molecule has 0 saturated heterocycles. The number of hydrogen-bond acceptors (Lipinski definition) is 5. The van der Waals surface area contributed by atoms with Crippen molar-refractivity contribution >= 4 is 50.7 Å². The van der Waals surface area contributed by atoms with Crippen LogP contribution in [0.4, 0.5) is 5.69 Å². The summed E-state index contributed by atoms with van der Waals surface area (Å²) in [7, 11) is -2.82. The van der Waals surface area contributed by atoms with Crippen LogP contribution in [0.2, 0.25) is 10.0 Å². The molecule has 0 bridgehead atoms. The summed E-state index contributed by atoms with van der Waals surface area (Å²) in [5, 5.41) is 3.57. The predicted molar refractivity (Wildman–Crippen MR) is 172 cm³/mol. The van der Waals surface area contributed by atoms with Crippen molar-refractivity contribution in [3.8, 4) is 5.75 Å². The minimum absolute atomic E-state index is 0.0134. The van der Waals surface area contributed by atoms with Gasteiger partial charge >= 0.3 is 0 Å². The highest BCUT2D eigenvalue weighted by molar-refractivity contribution is 7.92. The Kier molecular flexibility index (Phi) is 12.3. The normalized spacial score (nSPS) is 12.0. The minimum Gasteiger partial charge on any atom is -0.495 e. The third kappa shape index (κ3) is 8.43. The van der Waals surface area contributed by atoms with E-state index in [4.69, 9.17) is 27.9 Å². The lowest BCUT2D eigenvalue weighted by Gasteiger charge is -2.34. The lowest BCUT2D eigenvalue weighted by molar-refractivity contribution is -0.140. The number of nitrogens with one attached hydrogen (secondary N) is 1. The van der Waals surface area contributed by atoms with Gasteiger partial charge < -0.3 is 15.0 Å². The topological polar surface area (TPSA) is 96.0 Å². The molecule has 0 aliphatic heterocycles. The quantitative estimate of drug-likeness (QED) is 0.201. The van der Waals surface area contributed by atoms with E-state index < -0.39 is 28.5 Å². The number of methoxy groups -OCH3 is 1. The average Bonchev–Trinajstić information content (AvgIpc) is 2.97. The molecule has 0 aliphatic carbocycles. The molecular formula is C32H39Cl2N3O5S. The van der Waals surface area contributed by atoms with Crippen molar-refractivity contribution in [2.45, 2.75) is 64.4 Å². The maximum absolute atomic E-state index is 14.3. The van der Waals surface area contributed by atoms with Crippen LogP contribution in [0.15, 0.2) is 65.6 Å². The maximum atomic E-state index is 14.3. The Morgan fingerprint density at radius 2 is 1.58 bits per heavy atom. The fraction of sp³-hybridized carbons (Fsp3) is 0.375. The third-order valence-electron chi connectivity index (χ3n) is 7.10. The van der Waals surface area contributed by atoms with Crippen LogP contribution in [0.5, 0.6) is 5.75 Å². The molecule has 0 aliphatic rings. The summed E-state index contributed by atoms with van der Waals surface area (Å²) in [6.45, 7) is 7.24. The highest BCUT2D eigenvalue weighted by atomic mass is 35.5. The lowest BCUT2D eigenvalue weighted by Crippen LogP contribution is -2.52. The Hall–Kier alpha value is -3.27. The first-order valence-corrected chi connectivity index (χ1v) is 16.4.